The topological polar surface area (TPSA) is 80.6 Å². The molecule has 1 unspecified atom stereocenters. The van der Waals surface area contributed by atoms with Crippen LogP contribution in [0.15, 0.2) is 41.3 Å². The highest BCUT2D eigenvalue weighted by Crippen LogP contribution is 2.31. The Kier molecular flexibility index (Phi) is 7.25. The molecule has 8 heteroatoms. The lowest BCUT2D eigenvalue weighted by atomic mass is 10.1. The van der Waals surface area contributed by atoms with Crippen LogP contribution >= 0.6 is 0 Å². The van der Waals surface area contributed by atoms with E-state index >= 15 is 0 Å². The zero-order valence-electron chi connectivity index (χ0n) is 18.2. The van der Waals surface area contributed by atoms with Crippen molar-refractivity contribution in [2.45, 2.75) is 46.2 Å². The largest absolute Gasteiger partial charge is 0.503 e. The minimum absolute atomic E-state index is 0.0392. The van der Waals surface area contributed by atoms with Crippen LogP contribution in [0.25, 0.3) is 16.6 Å². The molecule has 0 saturated heterocycles. The summed E-state index contributed by atoms with van der Waals surface area (Å²) < 4.78 is 34.3. The van der Waals surface area contributed by atoms with Gasteiger partial charge in [-0.25, -0.2) is 9.18 Å². The summed E-state index contributed by atoms with van der Waals surface area (Å²) in [6.45, 7) is 6.50. The maximum absolute atomic E-state index is 14.1. The summed E-state index contributed by atoms with van der Waals surface area (Å²) in [5.41, 5.74) is 0.0178. The predicted octanol–water partition coefficient (Wildman–Crippen LogP) is 4.43. The second kappa shape index (κ2) is 9.91. The van der Waals surface area contributed by atoms with Crippen molar-refractivity contribution >= 4 is 16.9 Å². The molecule has 170 valence electrons. The van der Waals surface area contributed by atoms with E-state index in [1.807, 2.05) is 12.1 Å². The van der Waals surface area contributed by atoms with Gasteiger partial charge >= 0.3 is 5.97 Å². The van der Waals surface area contributed by atoms with Gasteiger partial charge in [0.05, 0.1) is 12.0 Å². The van der Waals surface area contributed by atoms with E-state index in [-0.39, 0.29) is 23.1 Å². The van der Waals surface area contributed by atoms with Crippen LogP contribution in [0.4, 0.5) is 8.78 Å². The number of ether oxygens (including phenoxy) is 1. The third-order valence-electron chi connectivity index (χ3n) is 5.24. The summed E-state index contributed by atoms with van der Waals surface area (Å²) in [4.78, 5) is 25.1. The lowest BCUT2D eigenvalue weighted by Gasteiger charge is -2.16. The number of benzene rings is 2. The van der Waals surface area contributed by atoms with Crippen molar-refractivity contribution in [1.82, 2.24) is 9.88 Å². The first kappa shape index (κ1) is 23.4. The molecule has 0 bridgehead atoms. The summed E-state index contributed by atoms with van der Waals surface area (Å²) in [7, 11) is 0. The number of carbonyl (C=O) groups is 1. The molecule has 6 nitrogen and oxygen atoms in total. The fourth-order valence-electron chi connectivity index (χ4n) is 3.58. The van der Waals surface area contributed by atoms with E-state index < -0.39 is 28.8 Å². The first-order valence-electron chi connectivity index (χ1n) is 10.5. The van der Waals surface area contributed by atoms with Gasteiger partial charge in [-0.2, -0.15) is 4.39 Å². The summed E-state index contributed by atoms with van der Waals surface area (Å²) >= 11 is 0. The second-order valence-electron chi connectivity index (χ2n) is 7.62. The van der Waals surface area contributed by atoms with Crippen LogP contribution in [0, 0.1) is 11.6 Å². The highest BCUT2D eigenvalue weighted by molar-refractivity contribution is 5.96. The van der Waals surface area contributed by atoms with Gasteiger partial charge in [0, 0.05) is 24.5 Å². The number of phenolic OH excluding ortho intramolecular Hbond substituents is 1. The number of carbonyl (C=O) groups excluding carboxylic acids is 1. The molecule has 0 amide bonds. The van der Waals surface area contributed by atoms with Gasteiger partial charge in [0.1, 0.15) is 11.1 Å². The Hall–Kier alpha value is -3.26. The normalized spacial score (nSPS) is 12.2. The Labute approximate surface area is 184 Å². The Morgan fingerprint density at radius 1 is 1.22 bits per heavy atom. The fraction of sp³-hybridized carbons (Fsp3) is 0.333. The monoisotopic (exact) mass is 444 g/mol. The lowest BCUT2D eigenvalue weighted by Crippen LogP contribution is -2.25. The minimum atomic E-state index is -1.47. The Morgan fingerprint density at radius 3 is 2.53 bits per heavy atom. The maximum Gasteiger partial charge on any atom is 0.343 e. The lowest BCUT2D eigenvalue weighted by molar-refractivity contribution is 0.0524. The molecule has 3 aromatic rings. The van der Waals surface area contributed by atoms with Crippen molar-refractivity contribution in [2.24, 2.45) is 0 Å². The van der Waals surface area contributed by atoms with E-state index in [0.717, 1.165) is 18.4 Å². The molecule has 0 aliphatic heterocycles. The first-order chi connectivity index (χ1) is 15.3. The third-order valence-corrected chi connectivity index (χ3v) is 5.24. The van der Waals surface area contributed by atoms with Crippen LogP contribution in [-0.2, 0) is 11.3 Å². The van der Waals surface area contributed by atoms with Crippen LogP contribution in [0.1, 0.15) is 49.5 Å². The average molecular weight is 444 g/mol. The molecule has 0 aliphatic rings. The number of fused-ring (bicyclic) bond motifs is 1. The standard InChI is InChI=1S/C24H26F2N2O4/c1-4-6-14(3)27-12-15-7-9-16(10-8-15)28-13-18(24(31)32-5-2)22(29)17-11-19(25)20(26)23(30)21(17)28/h7-11,13-14,27,30H,4-6,12H2,1-3H3. The second-order valence-corrected chi connectivity index (χ2v) is 7.62. The number of hydrogen-bond donors (Lipinski definition) is 2. The molecule has 1 atom stereocenters. The molecular weight excluding hydrogens is 418 g/mol. The van der Waals surface area contributed by atoms with E-state index in [0.29, 0.717) is 24.3 Å². The number of halogens is 2. The molecular formula is C24H26F2N2O4. The number of nitrogens with zero attached hydrogens (tertiary/aromatic N) is 1. The summed E-state index contributed by atoms with van der Waals surface area (Å²) in [6.07, 6.45) is 3.31. The Bertz CT molecular complexity index is 1190. The van der Waals surface area contributed by atoms with Gasteiger partial charge in [-0.1, -0.05) is 25.5 Å². The number of hydrogen-bond acceptors (Lipinski definition) is 5. The summed E-state index contributed by atoms with van der Waals surface area (Å²) in [6, 6.07) is 8.14. The van der Waals surface area contributed by atoms with Crippen LogP contribution in [0.2, 0.25) is 0 Å². The zero-order valence-corrected chi connectivity index (χ0v) is 18.2. The van der Waals surface area contributed by atoms with E-state index in [1.165, 1.54) is 10.8 Å². The van der Waals surface area contributed by atoms with Crippen LogP contribution < -0.4 is 10.7 Å². The number of aromatic nitrogens is 1. The molecule has 2 aromatic carbocycles. The number of aromatic hydroxyl groups is 1. The SMILES string of the molecule is CCCC(C)NCc1ccc(-n2cc(C(=O)OCC)c(=O)c3cc(F)c(F)c(O)c32)cc1. The fourth-order valence-corrected chi connectivity index (χ4v) is 3.58. The van der Waals surface area contributed by atoms with Crippen molar-refractivity contribution in [2.75, 3.05) is 6.61 Å². The molecule has 1 aromatic heterocycles. The molecule has 0 radical (unpaired) electrons. The molecule has 0 fully saturated rings. The van der Waals surface area contributed by atoms with Gasteiger partial charge in [0.15, 0.2) is 11.6 Å². The van der Waals surface area contributed by atoms with Gasteiger partial charge in [-0.05, 0) is 44.0 Å². The molecule has 2 N–H and O–H groups in total. The number of phenols is 1. The van der Waals surface area contributed by atoms with E-state index in [9.17, 15) is 23.5 Å². The molecule has 3 rings (SSSR count). The van der Waals surface area contributed by atoms with Crippen molar-refractivity contribution in [3.05, 3.63) is 69.5 Å². The minimum Gasteiger partial charge on any atom is -0.503 e. The quantitative estimate of drug-likeness (QED) is 0.503. The van der Waals surface area contributed by atoms with Gasteiger partial charge in [-0.3, -0.25) is 4.79 Å². The van der Waals surface area contributed by atoms with E-state index in [1.54, 1.807) is 19.1 Å². The van der Waals surface area contributed by atoms with Gasteiger partial charge in [0.2, 0.25) is 11.2 Å². The average Bonchev–Trinajstić information content (AvgIpc) is 2.77. The van der Waals surface area contributed by atoms with Gasteiger partial charge < -0.3 is 19.7 Å². The maximum atomic E-state index is 14.1. The highest BCUT2D eigenvalue weighted by Gasteiger charge is 2.23. The van der Waals surface area contributed by atoms with E-state index in [2.05, 4.69) is 19.2 Å². The van der Waals surface area contributed by atoms with Crippen LogP contribution in [0.5, 0.6) is 5.75 Å². The number of esters is 1. The zero-order chi connectivity index (χ0) is 23.4. The van der Waals surface area contributed by atoms with E-state index in [4.69, 9.17) is 4.74 Å². The molecule has 32 heavy (non-hydrogen) atoms. The smallest absolute Gasteiger partial charge is 0.343 e. The van der Waals surface area contributed by atoms with Crippen molar-refractivity contribution in [3.63, 3.8) is 0 Å². The molecule has 0 aliphatic carbocycles. The Morgan fingerprint density at radius 2 is 1.91 bits per heavy atom. The highest BCUT2D eigenvalue weighted by atomic mass is 19.2. The molecule has 0 spiro atoms. The summed E-state index contributed by atoms with van der Waals surface area (Å²) in [5.74, 6) is -4.75. The number of rotatable bonds is 8. The van der Waals surface area contributed by atoms with Gasteiger partial charge in [0.25, 0.3) is 0 Å². The van der Waals surface area contributed by atoms with Crippen molar-refractivity contribution < 1.29 is 23.4 Å². The van der Waals surface area contributed by atoms with Crippen molar-refractivity contribution in [1.29, 1.82) is 0 Å². The molecule has 1 heterocycles. The first-order valence-corrected chi connectivity index (χ1v) is 10.5. The molecule has 0 saturated carbocycles. The summed E-state index contributed by atoms with van der Waals surface area (Å²) in [5, 5.41) is 13.4. The number of nitrogens with one attached hydrogen (secondary N) is 1. The number of pyridine rings is 1. The van der Waals surface area contributed by atoms with Gasteiger partial charge in [-0.15, -0.1) is 0 Å². The van der Waals surface area contributed by atoms with Crippen molar-refractivity contribution in [3.8, 4) is 11.4 Å². The van der Waals surface area contributed by atoms with Crippen LogP contribution in [-0.4, -0.2) is 28.3 Å². The third kappa shape index (κ3) is 4.65. The predicted molar refractivity (Wildman–Crippen MR) is 118 cm³/mol. The van der Waals surface area contributed by atoms with Crippen LogP contribution in [0.3, 0.4) is 0 Å². The Balaban J connectivity index is 2.12.